The van der Waals surface area contributed by atoms with E-state index in [1.54, 1.807) is 0 Å². The summed E-state index contributed by atoms with van der Waals surface area (Å²) in [5.74, 6) is 0. The molecule has 8 heteroatoms. The van der Waals surface area contributed by atoms with Crippen molar-refractivity contribution in [3.63, 3.8) is 0 Å². The van der Waals surface area contributed by atoms with Crippen molar-refractivity contribution in [2.24, 2.45) is 0 Å². The Morgan fingerprint density at radius 1 is 1.57 bits per heavy atom. The predicted molar refractivity (Wildman–Crippen MR) is 51.4 cm³/mol. The zero-order chi connectivity index (χ0) is 10.9. The first kappa shape index (κ1) is 11.0. The molecule has 0 aliphatic heterocycles. The summed E-state index contributed by atoms with van der Waals surface area (Å²) in [5.41, 5.74) is -3.06. The smallest absolute Gasteiger partial charge is 0.298 e. The van der Waals surface area contributed by atoms with Gasteiger partial charge in [0.25, 0.3) is 17.7 Å². The van der Waals surface area contributed by atoms with Crippen LogP contribution in [-0.4, -0.2) is 9.91 Å². The first-order valence-electron chi connectivity index (χ1n) is 3.28. The van der Waals surface area contributed by atoms with E-state index >= 15 is 0 Å². The SMILES string of the molecule is O=c1[nH]cc(I)c([N+](=O)[O-])c1C(F)F. The van der Waals surface area contributed by atoms with Gasteiger partial charge >= 0.3 is 0 Å². The van der Waals surface area contributed by atoms with Crippen molar-refractivity contribution in [1.29, 1.82) is 0 Å². The Morgan fingerprint density at radius 3 is 2.50 bits per heavy atom. The third-order valence-corrected chi connectivity index (χ3v) is 2.28. The molecule has 0 bridgehead atoms. The van der Waals surface area contributed by atoms with Crippen LogP contribution >= 0.6 is 22.6 Å². The summed E-state index contributed by atoms with van der Waals surface area (Å²) < 4.78 is 24.6. The van der Waals surface area contributed by atoms with E-state index in [-0.39, 0.29) is 3.57 Å². The molecule has 0 aliphatic rings. The second kappa shape index (κ2) is 3.98. The lowest BCUT2D eigenvalue weighted by molar-refractivity contribution is -0.387. The fourth-order valence-corrected chi connectivity index (χ4v) is 1.54. The van der Waals surface area contributed by atoms with Crippen LogP contribution in [0.25, 0.3) is 0 Å². The third-order valence-electron chi connectivity index (χ3n) is 1.46. The third kappa shape index (κ3) is 1.89. The van der Waals surface area contributed by atoms with Crippen LogP contribution in [0.15, 0.2) is 11.0 Å². The lowest BCUT2D eigenvalue weighted by Gasteiger charge is -2.01. The minimum atomic E-state index is -3.16. The molecule has 1 aromatic heterocycles. The van der Waals surface area contributed by atoms with Crippen LogP contribution in [0.2, 0.25) is 0 Å². The Kier molecular flexibility index (Phi) is 3.13. The highest BCUT2D eigenvalue weighted by Gasteiger charge is 2.28. The number of hydrogen-bond donors (Lipinski definition) is 1. The van der Waals surface area contributed by atoms with Gasteiger partial charge < -0.3 is 4.98 Å². The van der Waals surface area contributed by atoms with Crippen LogP contribution in [0.3, 0.4) is 0 Å². The van der Waals surface area contributed by atoms with Crippen LogP contribution in [0, 0.1) is 13.7 Å². The minimum Gasteiger partial charge on any atom is -0.327 e. The molecule has 0 spiro atoms. The number of nitrogens with one attached hydrogen (secondary N) is 1. The molecule has 0 aliphatic carbocycles. The molecule has 14 heavy (non-hydrogen) atoms. The van der Waals surface area contributed by atoms with Crippen molar-refractivity contribution in [3.8, 4) is 0 Å². The summed E-state index contributed by atoms with van der Waals surface area (Å²) in [4.78, 5) is 22.3. The fourth-order valence-electron chi connectivity index (χ4n) is 0.899. The molecular weight excluding hydrogens is 313 g/mol. The predicted octanol–water partition coefficient (Wildman–Crippen LogP) is 1.83. The van der Waals surface area contributed by atoms with Gasteiger partial charge in [-0.05, 0) is 22.6 Å². The van der Waals surface area contributed by atoms with Gasteiger partial charge in [-0.15, -0.1) is 0 Å². The zero-order valence-corrected chi connectivity index (χ0v) is 8.62. The number of aromatic amines is 1. The van der Waals surface area contributed by atoms with Crippen LogP contribution < -0.4 is 5.56 Å². The molecular formula is C6H3F2IN2O3. The Morgan fingerprint density at radius 2 is 2.14 bits per heavy atom. The van der Waals surface area contributed by atoms with Crippen molar-refractivity contribution in [2.75, 3.05) is 0 Å². The van der Waals surface area contributed by atoms with Crippen LogP contribution in [0.5, 0.6) is 0 Å². The van der Waals surface area contributed by atoms with E-state index in [1.807, 2.05) is 4.98 Å². The van der Waals surface area contributed by atoms with Gasteiger partial charge in [0.05, 0.1) is 4.92 Å². The van der Waals surface area contributed by atoms with Crippen LogP contribution in [0.1, 0.15) is 12.0 Å². The van der Waals surface area contributed by atoms with Gasteiger partial charge in [0.1, 0.15) is 3.57 Å². The molecule has 0 aromatic carbocycles. The molecule has 0 radical (unpaired) electrons. The molecule has 76 valence electrons. The Bertz CT molecular complexity index is 432. The van der Waals surface area contributed by atoms with Gasteiger partial charge in [0.15, 0.2) is 5.56 Å². The number of alkyl halides is 2. The molecule has 1 N–H and O–H groups in total. The molecule has 0 fully saturated rings. The standard InChI is InChI=1S/C6H3F2IN2O3/c7-5(8)3-4(11(13)14)2(9)1-10-6(3)12/h1,5H,(H,10,12). The molecule has 0 saturated carbocycles. The number of pyridine rings is 1. The van der Waals surface area contributed by atoms with Gasteiger partial charge in [0.2, 0.25) is 0 Å². The molecule has 1 heterocycles. The fraction of sp³-hybridized carbons (Fsp3) is 0.167. The maximum absolute atomic E-state index is 12.3. The van der Waals surface area contributed by atoms with Crippen molar-refractivity contribution < 1.29 is 13.7 Å². The van der Waals surface area contributed by atoms with E-state index < -0.39 is 28.2 Å². The Balaban J connectivity index is 3.58. The van der Waals surface area contributed by atoms with Crippen LogP contribution in [-0.2, 0) is 0 Å². The maximum Gasteiger partial charge on any atom is 0.298 e. The zero-order valence-electron chi connectivity index (χ0n) is 6.46. The van der Waals surface area contributed by atoms with Gasteiger partial charge in [0, 0.05) is 6.20 Å². The molecule has 0 saturated heterocycles. The highest BCUT2D eigenvalue weighted by atomic mass is 127. The highest BCUT2D eigenvalue weighted by Crippen LogP contribution is 2.28. The summed E-state index contributed by atoms with van der Waals surface area (Å²) in [7, 11) is 0. The van der Waals surface area contributed by atoms with Crippen molar-refractivity contribution in [2.45, 2.75) is 6.43 Å². The number of rotatable bonds is 2. The lowest BCUT2D eigenvalue weighted by Crippen LogP contribution is -2.16. The summed E-state index contributed by atoms with van der Waals surface area (Å²) in [6, 6.07) is 0. The van der Waals surface area contributed by atoms with E-state index in [0.717, 1.165) is 6.20 Å². The van der Waals surface area contributed by atoms with E-state index in [9.17, 15) is 23.7 Å². The molecule has 1 rings (SSSR count). The Labute approximate surface area is 89.4 Å². The highest BCUT2D eigenvalue weighted by molar-refractivity contribution is 14.1. The first-order valence-corrected chi connectivity index (χ1v) is 4.36. The normalized spacial score (nSPS) is 10.6. The van der Waals surface area contributed by atoms with Crippen molar-refractivity contribution in [3.05, 3.63) is 35.8 Å². The molecule has 5 nitrogen and oxygen atoms in total. The quantitative estimate of drug-likeness (QED) is 0.514. The van der Waals surface area contributed by atoms with Gasteiger partial charge in [-0.3, -0.25) is 14.9 Å². The average molecular weight is 316 g/mol. The molecule has 1 aromatic rings. The second-order valence-electron chi connectivity index (χ2n) is 2.29. The summed E-state index contributed by atoms with van der Waals surface area (Å²) in [6.07, 6.45) is -2.14. The minimum absolute atomic E-state index is 0.0255. The monoisotopic (exact) mass is 316 g/mol. The summed E-state index contributed by atoms with van der Waals surface area (Å²) in [6.45, 7) is 0. The molecule has 0 atom stereocenters. The van der Waals surface area contributed by atoms with E-state index in [4.69, 9.17) is 0 Å². The molecule has 0 amide bonds. The maximum atomic E-state index is 12.3. The van der Waals surface area contributed by atoms with Gasteiger partial charge in [-0.25, -0.2) is 8.78 Å². The first-order chi connectivity index (χ1) is 6.45. The average Bonchev–Trinajstić information content (AvgIpc) is 2.07. The van der Waals surface area contributed by atoms with Crippen LogP contribution in [0.4, 0.5) is 14.5 Å². The topological polar surface area (TPSA) is 76.0 Å². The van der Waals surface area contributed by atoms with Crippen molar-refractivity contribution >= 4 is 28.3 Å². The summed E-state index contributed by atoms with van der Waals surface area (Å²) in [5, 5.41) is 10.4. The van der Waals surface area contributed by atoms with E-state index in [0.29, 0.717) is 0 Å². The number of aromatic nitrogens is 1. The number of nitrogens with zero attached hydrogens (tertiary/aromatic N) is 1. The largest absolute Gasteiger partial charge is 0.327 e. The number of halogens is 3. The van der Waals surface area contributed by atoms with Gasteiger partial charge in [-0.1, -0.05) is 0 Å². The second-order valence-corrected chi connectivity index (χ2v) is 3.45. The number of nitro groups is 1. The summed E-state index contributed by atoms with van der Waals surface area (Å²) >= 11 is 1.51. The molecule has 0 unspecified atom stereocenters. The number of hydrogen-bond acceptors (Lipinski definition) is 3. The number of H-pyrrole nitrogens is 1. The van der Waals surface area contributed by atoms with Crippen molar-refractivity contribution in [1.82, 2.24) is 4.98 Å². The van der Waals surface area contributed by atoms with E-state index in [2.05, 4.69) is 0 Å². The van der Waals surface area contributed by atoms with E-state index in [1.165, 1.54) is 22.6 Å². The Hall–Kier alpha value is -1.06. The lowest BCUT2D eigenvalue weighted by atomic mass is 10.2. The van der Waals surface area contributed by atoms with Gasteiger partial charge in [-0.2, -0.15) is 0 Å².